The number of allylic oxidation sites excluding steroid dienone is 1. The largest absolute Gasteiger partial charge is 0.327 e. The van der Waals surface area contributed by atoms with Crippen molar-refractivity contribution < 1.29 is 0 Å². The second kappa shape index (κ2) is 6.21. The van der Waals surface area contributed by atoms with Crippen molar-refractivity contribution in [2.45, 2.75) is 51.0 Å². The highest BCUT2D eigenvalue weighted by Crippen LogP contribution is 2.22. The molecule has 0 aromatic carbocycles. The van der Waals surface area contributed by atoms with Crippen LogP contribution in [0.25, 0.3) is 0 Å². The number of hydrogen-bond acceptors (Lipinski definition) is 2. The Morgan fingerprint density at radius 2 is 2.31 bits per heavy atom. The highest BCUT2D eigenvalue weighted by Gasteiger charge is 2.09. The molecule has 1 aliphatic rings. The molecule has 0 spiro atoms. The molecule has 2 rings (SSSR count). The maximum Gasteiger partial charge on any atom is 0.00792 e. The van der Waals surface area contributed by atoms with E-state index in [0.29, 0.717) is 6.04 Å². The third kappa shape index (κ3) is 3.76. The zero-order valence-corrected chi connectivity index (χ0v) is 10.6. The summed E-state index contributed by atoms with van der Waals surface area (Å²) in [6, 6.07) is 2.56. The predicted molar refractivity (Wildman–Crippen MR) is 71.8 cm³/mol. The molecule has 1 aromatic heterocycles. The Hall–Kier alpha value is -0.600. The molecular formula is C14H21NS. The topological polar surface area (TPSA) is 26.0 Å². The first-order chi connectivity index (χ1) is 7.84. The zero-order chi connectivity index (χ0) is 11.2. The summed E-state index contributed by atoms with van der Waals surface area (Å²) >= 11 is 1.77. The monoisotopic (exact) mass is 235 g/mol. The van der Waals surface area contributed by atoms with E-state index in [1.54, 1.807) is 16.9 Å². The lowest BCUT2D eigenvalue weighted by Gasteiger charge is -2.17. The Morgan fingerprint density at radius 3 is 3.00 bits per heavy atom. The summed E-state index contributed by atoms with van der Waals surface area (Å²) in [6.45, 7) is 0. The Labute approximate surface area is 102 Å². The normalized spacial score (nSPS) is 18.2. The molecular weight excluding hydrogens is 214 g/mol. The molecule has 1 unspecified atom stereocenters. The molecule has 1 atom stereocenters. The van der Waals surface area contributed by atoms with Gasteiger partial charge in [0.25, 0.3) is 0 Å². The van der Waals surface area contributed by atoms with Gasteiger partial charge in [-0.05, 0) is 67.3 Å². The SMILES string of the molecule is NC(CCc1ccsc1)CC1=CCCCC1. The molecule has 1 aromatic rings. The van der Waals surface area contributed by atoms with E-state index in [1.807, 2.05) is 0 Å². The fraction of sp³-hybridized carbons (Fsp3) is 0.571. The lowest BCUT2D eigenvalue weighted by atomic mass is 9.93. The molecule has 1 nitrogen and oxygen atoms in total. The second-order valence-corrected chi connectivity index (χ2v) is 5.52. The number of hydrogen-bond donors (Lipinski definition) is 1. The Bertz CT molecular complexity index is 327. The van der Waals surface area contributed by atoms with Crippen molar-refractivity contribution >= 4 is 11.3 Å². The molecule has 16 heavy (non-hydrogen) atoms. The van der Waals surface area contributed by atoms with Crippen LogP contribution in [-0.4, -0.2) is 6.04 Å². The summed E-state index contributed by atoms with van der Waals surface area (Å²) in [5.74, 6) is 0. The van der Waals surface area contributed by atoms with Crippen LogP contribution in [0, 0.1) is 0 Å². The van der Waals surface area contributed by atoms with E-state index in [2.05, 4.69) is 22.9 Å². The molecule has 0 bridgehead atoms. The standard InChI is InChI=1S/C14H21NS/c15-14(7-6-13-8-9-16-11-13)10-12-4-2-1-3-5-12/h4,8-9,11,14H,1-3,5-7,10,15H2. The summed E-state index contributed by atoms with van der Waals surface area (Å²) < 4.78 is 0. The van der Waals surface area contributed by atoms with Crippen molar-refractivity contribution in [2.24, 2.45) is 5.73 Å². The van der Waals surface area contributed by atoms with Gasteiger partial charge in [-0.3, -0.25) is 0 Å². The first-order valence-corrected chi connectivity index (χ1v) is 7.23. The van der Waals surface area contributed by atoms with Crippen LogP contribution >= 0.6 is 11.3 Å². The average Bonchev–Trinajstić information content (AvgIpc) is 2.81. The van der Waals surface area contributed by atoms with Crippen molar-refractivity contribution in [3.05, 3.63) is 34.0 Å². The van der Waals surface area contributed by atoms with Gasteiger partial charge in [0.05, 0.1) is 0 Å². The number of thiophene rings is 1. The van der Waals surface area contributed by atoms with E-state index in [-0.39, 0.29) is 0 Å². The predicted octanol–water partition coefficient (Wildman–Crippen LogP) is 3.90. The highest BCUT2D eigenvalue weighted by atomic mass is 32.1. The van der Waals surface area contributed by atoms with Gasteiger partial charge in [0.1, 0.15) is 0 Å². The third-order valence-electron chi connectivity index (χ3n) is 3.29. The molecule has 0 aliphatic heterocycles. The molecule has 2 heteroatoms. The van der Waals surface area contributed by atoms with Gasteiger partial charge in [0.15, 0.2) is 0 Å². The quantitative estimate of drug-likeness (QED) is 0.770. The first-order valence-electron chi connectivity index (χ1n) is 6.29. The molecule has 0 saturated carbocycles. The first kappa shape index (κ1) is 11.9. The Morgan fingerprint density at radius 1 is 1.38 bits per heavy atom. The summed E-state index contributed by atoms with van der Waals surface area (Å²) in [7, 11) is 0. The van der Waals surface area contributed by atoms with Gasteiger partial charge < -0.3 is 5.73 Å². The molecule has 2 N–H and O–H groups in total. The van der Waals surface area contributed by atoms with Crippen LogP contribution in [0.15, 0.2) is 28.5 Å². The third-order valence-corrected chi connectivity index (χ3v) is 4.03. The smallest absolute Gasteiger partial charge is 0.00792 e. The molecule has 1 heterocycles. The van der Waals surface area contributed by atoms with Gasteiger partial charge in [0.2, 0.25) is 0 Å². The molecule has 0 fully saturated rings. The minimum atomic E-state index is 0.351. The molecule has 0 saturated heterocycles. The van der Waals surface area contributed by atoms with Crippen LogP contribution in [0.5, 0.6) is 0 Å². The number of nitrogens with two attached hydrogens (primary N) is 1. The van der Waals surface area contributed by atoms with Gasteiger partial charge in [0, 0.05) is 6.04 Å². The van der Waals surface area contributed by atoms with E-state index in [0.717, 1.165) is 19.3 Å². The van der Waals surface area contributed by atoms with Gasteiger partial charge in [-0.2, -0.15) is 11.3 Å². The van der Waals surface area contributed by atoms with E-state index in [4.69, 9.17) is 5.73 Å². The summed E-state index contributed by atoms with van der Waals surface area (Å²) in [6.07, 6.45) is 11.1. The Kier molecular flexibility index (Phi) is 4.61. The minimum Gasteiger partial charge on any atom is -0.327 e. The van der Waals surface area contributed by atoms with Crippen LogP contribution < -0.4 is 5.73 Å². The molecule has 0 amide bonds. The molecule has 88 valence electrons. The van der Waals surface area contributed by atoms with Gasteiger partial charge >= 0.3 is 0 Å². The fourth-order valence-electron chi connectivity index (χ4n) is 2.32. The van der Waals surface area contributed by atoms with Gasteiger partial charge in [-0.1, -0.05) is 11.6 Å². The minimum absolute atomic E-state index is 0.351. The number of aryl methyl sites for hydroxylation is 1. The van der Waals surface area contributed by atoms with Crippen LogP contribution in [0.1, 0.15) is 44.1 Å². The average molecular weight is 235 g/mol. The summed E-state index contributed by atoms with van der Waals surface area (Å²) in [4.78, 5) is 0. The number of rotatable bonds is 5. The van der Waals surface area contributed by atoms with Crippen molar-refractivity contribution in [2.75, 3.05) is 0 Å². The molecule has 1 aliphatic carbocycles. The second-order valence-electron chi connectivity index (χ2n) is 4.74. The lowest BCUT2D eigenvalue weighted by Crippen LogP contribution is -2.21. The highest BCUT2D eigenvalue weighted by molar-refractivity contribution is 7.07. The zero-order valence-electron chi connectivity index (χ0n) is 9.82. The van der Waals surface area contributed by atoms with Gasteiger partial charge in [-0.15, -0.1) is 0 Å². The van der Waals surface area contributed by atoms with Crippen LogP contribution in [0.3, 0.4) is 0 Å². The van der Waals surface area contributed by atoms with Crippen molar-refractivity contribution in [3.8, 4) is 0 Å². The molecule has 0 radical (unpaired) electrons. The van der Waals surface area contributed by atoms with Crippen LogP contribution in [0.4, 0.5) is 0 Å². The summed E-state index contributed by atoms with van der Waals surface area (Å²) in [5.41, 5.74) is 9.23. The van der Waals surface area contributed by atoms with E-state index >= 15 is 0 Å². The lowest BCUT2D eigenvalue weighted by molar-refractivity contribution is 0.575. The summed E-state index contributed by atoms with van der Waals surface area (Å²) in [5, 5.41) is 4.37. The van der Waals surface area contributed by atoms with Crippen molar-refractivity contribution in [1.82, 2.24) is 0 Å². The van der Waals surface area contributed by atoms with E-state index in [1.165, 1.54) is 31.2 Å². The van der Waals surface area contributed by atoms with E-state index in [9.17, 15) is 0 Å². The van der Waals surface area contributed by atoms with Crippen molar-refractivity contribution in [1.29, 1.82) is 0 Å². The van der Waals surface area contributed by atoms with Crippen LogP contribution in [-0.2, 0) is 6.42 Å². The van der Waals surface area contributed by atoms with Crippen molar-refractivity contribution in [3.63, 3.8) is 0 Å². The van der Waals surface area contributed by atoms with Crippen LogP contribution in [0.2, 0.25) is 0 Å². The maximum absolute atomic E-state index is 6.18. The van der Waals surface area contributed by atoms with Gasteiger partial charge in [-0.25, -0.2) is 0 Å². The Balaban J connectivity index is 1.71. The fourth-order valence-corrected chi connectivity index (χ4v) is 3.02. The maximum atomic E-state index is 6.18. The van der Waals surface area contributed by atoms with E-state index < -0.39 is 0 Å².